The van der Waals surface area contributed by atoms with E-state index in [1.165, 1.54) is 5.57 Å². The number of fused-ring (bicyclic) bond motifs is 7. The van der Waals surface area contributed by atoms with Crippen molar-refractivity contribution in [2.24, 2.45) is 50.2 Å². The lowest BCUT2D eigenvalue weighted by Crippen LogP contribution is -2.67. The second-order valence-electron chi connectivity index (χ2n) is 23.5. The largest absolute Gasteiger partial charge is 0.479 e. The Labute approximate surface area is 391 Å². The minimum absolute atomic E-state index is 0.0828. The zero-order chi connectivity index (χ0) is 49.1. The van der Waals surface area contributed by atoms with Crippen LogP contribution in [0.15, 0.2) is 11.6 Å². The molecule has 67 heavy (non-hydrogen) atoms. The Bertz CT molecular complexity index is 1870. The number of carboxylic acids is 1. The van der Waals surface area contributed by atoms with Crippen LogP contribution in [-0.2, 0) is 38.0 Å². The molecule has 0 bridgehead atoms. The molecule has 8 rings (SSSR count). The Morgan fingerprint density at radius 2 is 1.24 bits per heavy atom. The molecule has 3 aliphatic heterocycles. The number of carboxylic acid groups (broad SMARTS) is 1. The van der Waals surface area contributed by atoms with Crippen LogP contribution in [0, 0.1) is 50.2 Å². The highest BCUT2D eigenvalue weighted by molar-refractivity contribution is 5.79. The number of carbonyl (C=O) groups is 2. The lowest BCUT2D eigenvalue weighted by molar-refractivity contribution is -0.374. The lowest BCUT2D eigenvalue weighted by Gasteiger charge is -2.71. The summed E-state index contributed by atoms with van der Waals surface area (Å²) in [7, 11) is 0. The second-order valence-corrected chi connectivity index (χ2v) is 23.5. The van der Waals surface area contributed by atoms with Gasteiger partial charge in [-0.3, -0.25) is 4.79 Å². The highest BCUT2D eigenvalue weighted by Gasteiger charge is 2.70. The van der Waals surface area contributed by atoms with E-state index in [1.807, 2.05) is 0 Å². The van der Waals surface area contributed by atoms with Crippen LogP contribution in [0.2, 0.25) is 0 Å². The summed E-state index contributed by atoms with van der Waals surface area (Å²) in [4.78, 5) is 27.0. The molecule has 8 aliphatic rings. The number of carbonyl (C=O) groups excluding carboxylic acids is 1. The predicted octanol–water partition coefficient (Wildman–Crippen LogP) is 0.233. The molecule has 0 radical (unpaired) electrons. The number of rotatable bonds is 9. The van der Waals surface area contributed by atoms with Gasteiger partial charge in [-0.05, 0) is 109 Å². The van der Waals surface area contributed by atoms with E-state index in [9.17, 15) is 65.8 Å². The number of allylic oxidation sites excluding steroid dienone is 2. The van der Waals surface area contributed by atoms with Crippen molar-refractivity contribution in [1.29, 1.82) is 0 Å². The van der Waals surface area contributed by atoms with Crippen molar-refractivity contribution >= 4 is 11.9 Å². The molecule has 19 nitrogen and oxygen atoms in total. The van der Waals surface area contributed by atoms with Crippen LogP contribution in [0.25, 0.3) is 0 Å². The first kappa shape index (κ1) is 51.4. The van der Waals surface area contributed by atoms with Gasteiger partial charge >= 0.3 is 11.9 Å². The van der Waals surface area contributed by atoms with Crippen molar-refractivity contribution in [2.45, 2.75) is 211 Å². The summed E-state index contributed by atoms with van der Waals surface area (Å²) < 4.78 is 35.7. The predicted molar refractivity (Wildman–Crippen MR) is 231 cm³/mol. The third-order valence-corrected chi connectivity index (χ3v) is 19.3. The summed E-state index contributed by atoms with van der Waals surface area (Å²) in [5, 5.41) is 115. The molecule has 4 saturated carbocycles. The Hall–Kier alpha value is -1.92. The summed E-state index contributed by atoms with van der Waals surface area (Å²) in [6.45, 7) is 14.4. The van der Waals surface area contributed by atoms with Crippen molar-refractivity contribution in [3.05, 3.63) is 11.6 Å². The zero-order valence-electron chi connectivity index (χ0n) is 39.7. The fourth-order valence-corrected chi connectivity index (χ4v) is 15.0. The molecule has 23 atom stereocenters. The molecular weight excluding hydrogens is 881 g/mol. The van der Waals surface area contributed by atoms with Gasteiger partial charge in [-0.2, -0.15) is 0 Å². The molecular formula is C48H76O19. The van der Waals surface area contributed by atoms with Crippen molar-refractivity contribution in [1.82, 2.24) is 0 Å². The molecule has 0 aromatic heterocycles. The molecule has 2 unspecified atom stereocenters. The van der Waals surface area contributed by atoms with Crippen molar-refractivity contribution < 1.29 is 94.2 Å². The van der Waals surface area contributed by atoms with Gasteiger partial charge in [-0.15, -0.1) is 0 Å². The molecule has 3 saturated heterocycles. The molecule has 382 valence electrons. The first-order chi connectivity index (χ1) is 31.2. The average molecular weight is 957 g/mol. The Morgan fingerprint density at radius 1 is 0.642 bits per heavy atom. The summed E-state index contributed by atoms with van der Waals surface area (Å²) in [5.74, 6) is -1.94. The van der Waals surface area contributed by atoms with Crippen LogP contribution >= 0.6 is 0 Å². The average Bonchev–Trinajstić information content (AvgIpc) is 3.26. The lowest BCUT2D eigenvalue weighted by atomic mass is 9.33. The first-order valence-electron chi connectivity index (χ1n) is 24.3. The minimum Gasteiger partial charge on any atom is -0.479 e. The van der Waals surface area contributed by atoms with Crippen LogP contribution in [0.1, 0.15) is 113 Å². The Morgan fingerprint density at radius 3 is 1.85 bits per heavy atom. The maximum absolute atomic E-state index is 14.7. The number of aliphatic hydroxyl groups excluding tert-OH is 10. The topological polar surface area (TPSA) is 312 Å². The smallest absolute Gasteiger partial charge is 0.335 e. The molecule has 7 fully saturated rings. The monoisotopic (exact) mass is 956 g/mol. The molecule has 3 heterocycles. The normalized spacial score (nSPS) is 52.6. The van der Waals surface area contributed by atoms with Crippen molar-refractivity contribution in [3.63, 3.8) is 0 Å². The van der Waals surface area contributed by atoms with Gasteiger partial charge in [0.2, 0.25) is 6.29 Å². The summed E-state index contributed by atoms with van der Waals surface area (Å²) in [6, 6.07) is 0. The van der Waals surface area contributed by atoms with Gasteiger partial charge in [0, 0.05) is 0 Å². The molecule has 0 spiro atoms. The van der Waals surface area contributed by atoms with E-state index in [4.69, 9.17) is 28.4 Å². The van der Waals surface area contributed by atoms with Crippen LogP contribution < -0.4 is 0 Å². The fraction of sp³-hybridized carbons (Fsp3) is 0.917. The van der Waals surface area contributed by atoms with E-state index in [2.05, 4.69) is 54.5 Å². The van der Waals surface area contributed by atoms with E-state index in [-0.39, 0.29) is 39.4 Å². The minimum atomic E-state index is -1.98. The number of hydrogen-bond acceptors (Lipinski definition) is 18. The van der Waals surface area contributed by atoms with E-state index in [1.54, 1.807) is 0 Å². The molecule has 19 heteroatoms. The van der Waals surface area contributed by atoms with E-state index < -0.39 is 134 Å². The van der Waals surface area contributed by atoms with E-state index >= 15 is 0 Å². The summed E-state index contributed by atoms with van der Waals surface area (Å²) >= 11 is 0. The number of hydrogen-bond donors (Lipinski definition) is 11. The summed E-state index contributed by atoms with van der Waals surface area (Å²) in [5.41, 5.74) is -1.05. The highest BCUT2D eigenvalue weighted by Crippen LogP contribution is 2.76. The maximum atomic E-state index is 14.7. The van der Waals surface area contributed by atoms with Gasteiger partial charge in [0.15, 0.2) is 18.7 Å². The van der Waals surface area contributed by atoms with Crippen LogP contribution in [0.5, 0.6) is 0 Å². The first-order valence-corrected chi connectivity index (χ1v) is 24.3. The van der Waals surface area contributed by atoms with Gasteiger partial charge in [0.05, 0.1) is 24.7 Å². The molecule has 0 amide bonds. The third-order valence-electron chi connectivity index (χ3n) is 19.3. The van der Waals surface area contributed by atoms with Gasteiger partial charge in [-0.25, -0.2) is 4.79 Å². The Balaban J connectivity index is 1.05. The van der Waals surface area contributed by atoms with Crippen LogP contribution in [0.3, 0.4) is 0 Å². The zero-order valence-corrected chi connectivity index (χ0v) is 39.7. The summed E-state index contributed by atoms with van der Waals surface area (Å²) in [6.07, 6.45) is -16.4. The molecule has 11 N–H and O–H groups in total. The van der Waals surface area contributed by atoms with Gasteiger partial charge in [0.25, 0.3) is 0 Å². The second kappa shape index (κ2) is 18.0. The van der Waals surface area contributed by atoms with Gasteiger partial charge in [0.1, 0.15) is 67.1 Å². The van der Waals surface area contributed by atoms with Crippen molar-refractivity contribution in [2.75, 3.05) is 13.2 Å². The molecule has 5 aliphatic carbocycles. The highest BCUT2D eigenvalue weighted by atomic mass is 16.8. The fourth-order valence-electron chi connectivity index (χ4n) is 15.0. The third kappa shape index (κ3) is 8.06. The van der Waals surface area contributed by atoms with Crippen LogP contribution in [0.4, 0.5) is 0 Å². The standard InChI is InChI=1S/C48H76O19/c1-43(2)14-16-48(42(61)67-40-35(58)31(54)29(52)24(20-50)63-40)17-15-46(6)21(22(48)18-43)8-9-26-45(5)12-11-27(44(3,4)25(45)10-13-47(26,46)7)64-41-37(33(56)32(55)36(65-41)38(59)60)66-39-34(57)30(53)28(51)23(19-49)62-39/h8,22-37,39-41,49-58H,9-20H2,1-7H3,(H,59,60)/t22-,23+,24+,25-,26+,27-,28+,29+,30-,31-,32-,33-,34+,35+,36-,37+,39?,40-,41?,45-,46+,47+,48-/m0/s1. The maximum Gasteiger partial charge on any atom is 0.335 e. The quantitative estimate of drug-likeness (QED) is 0.0838. The number of aliphatic carboxylic acids is 1. The van der Waals surface area contributed by atoms with Gasteiger partial charge in [-0.1, -0.05) is 60.1 Å². The number of ether oxygens (including phenoxy) is 6. The SMILES string of the molecule is CC1(C)CC[C@]2(C(=O)O[C@@H]3O[C@H](CO)[C@@H](O)[C@H](O)[C@H]3O)CC[C@]3(C)C(=CC[C@@H]4[C@@]5(C)CC[C@H](OC6O[C@H](C(=O)O)[C@@H](O)[C@H](O)[C@H]6OC6O[C@H](CO)[C@@H](O)[C@H](O)[C@H]6O)C(C)(C)[C@@H]5CC[C@]43C)[C@@H]2C1. The van der Waals surface area contributed by atoms with E-state index in [0.29, 0.717) is 25.7 Å². The van der Waals surface area contributed by atoms with Crippen molar-refractivity contribution in [3.8, 4) is 0 Å². The molecule has 0 aromatic carbocycles. The van der Waals surface area contributed by atoms with E-state index in [0.717, 1.165) is 38.5 Å². The number of aliphatic hydroxyl groups is 10. The van der Waals surface area contributed by atoms with Gasteiger partial charge < -0.3 is 84.6 Å². The van der Waals surface area contributed by atoms with Crippen LogP contribution in [-0.4, -0.2) is 180 Å². The Kier molecular flexibility index (Phi) is 13.8. The number of esters is 1. The molecule has 0 aromatic rings.